The van der Waals surface area contributed by atoms with Crippen molar-refractivity contribution in [2.75, 3.05) is 12.3 Å². The lowest BCUT2D eigenvalue weighted by atomic mass is 9.76. The molecule has 8 heteroatoms. The largest absolute Gasteiger partial charge is 0.492 e. The van der Waals surface area contributed by atoms with Gasteiger partial charge in [0.15, 0.2) is 0 Å². The van der Waals surface area contributed by atoms with Crippen molar-refractivity contribution in [1.82, 2.24) is 5.32 Å². The van der Waals surface area contributed by atoms with Crippen LogP contribution < -0.4 is 11.1 Å². The van der Waals surface area contributed by atoms with Gasteiger partial charge in [-0.1, -0.05) is 36.4 Å². The number of anilines is 1. The van der Waals surface area contributed by atoms with Crippen LogP contribution in [0.25, 0.3) is 6.08 Å². The fraction of sp³-hybridized carbons (Fsp3) is 0.375. The van der Waals surface area contributed by atoms with Crippen LogP contribution in [-0.4, -0.2) is 31.0 Å². The summed E-state index contributed by atoms with van der Waals surface area (Å²) in [6, 6.07) is 12.3. The van der Waals surface area contributed by atoms with Crippen molar-refractivity contribution in [3.05, 3.63) is 70.4 Å². The number of hydrogen-bond donors (Lipinski definition) is 2. The van der Waals surface area contributed by atoms with Crippen LogP contribution in [0.4, 0.5) is 14.9 Å². The van der Waals surface area contributed by atoms with Crippen molar-refractivity contribution in [3.63, 3.8) is 0 Å². The van der Waals surface area contributed by atoms with Crippen LogP contribution in [0.2, 0.25) is 0 Å². The maximum Gasteiger partial charge on any atom is 0.492 e. The topological polar surface area (TPSA) is 82.8 Å². The fourth-order valence-electron chi connectivity index (χ4n) is 3.22. The van der Waals surface area contributed by atoms with E-state index < -0.39 is 30.2 Å². The number of alkyl carbamates (subject to hydrolysis) is 1. The van der Waals surface area contributed by atoms with E-state index in [1.807, 2.05) is 65.0 Å². The predicted octanol–water partition coefficient (Wildman–Crippen LogP) is 4.66. The molecule has 1 aliphatic heterocycles. The minimum atomic E-state index is -0.713. The van der Waals surface area contributed by atoms with E-state index >= 15 is 0 Å². The van der Waals surface area contributed by atoms with Crippen molar-refractivity contribution in [2.45, 2.75) is 52.4 Å². The molecule has 1 saturated heterocycles. The van der Waals surface area contributed by atoms with E-state index in [9.17, 15) is 9.18 Å². The van der Waals surface area contributed by atoms with Crippen LogP contribution in [-0.2, 0) is 20.7 Å². The minimum absolute atomic E-state index is 0.0828. The van der Waals surface area contributed by atoms with Crippen LogP contribution in [0.3, 0.4) is 0 Å². The number of carbonyl (C=O) groups excluding carboxylic acids is 1. The standard InChI is InChI=1S/C24H30BFN2O4/c1-16-11-21(27)20(26)13-18(16)12-19(25-31-23(2,3)24(4,5)32-25)14-28-22(29)30-15-17-9-7-6-8-10-17/h6-13H,14-15,27H2,1-5H3,(H,28,29). The molecule has 0 spiro atoms. The van der Waals surface area contributed by atoms with Crippen LogP contribution in [0, 0.1) is 12.7 Å². The molecular weight excluding hydrogens is 410 g/mol. The Labute approximate surface area is 189 Å². The summed E-state index contributed by atoms with van der Waals surface area (Å²) in [4.78, 5) is 12.3. The number of aryl methyl sites for hydroxylation is 1. The van der Waals surface area contributed by atoms with Crippen molar-refractivity contribution >= 4 is 25.0 Å². The summed E-state index contributed by atoms with van der Waals surface area (Å²) in [6.07, 6.45) is 1.19. The molecule has 3 N–H and O–H groups in total. The first-order valence-corrected chi connectivity index (χ1v) is 10.5. The number of rotatable bonds is 6. The third-order valence-electron chi connectivity index (χ3n) is 5.93. The lowest BCUT2D eigenvalue weighted by Crippen LogP contribution is -2.41. The summed E-state index contributed by atoms with van der Waals surface area (Å²) in [7, 11) is -0.713. The van der Waals surface area contributed by atoms with Gasteiger partial charge in [0, 0.05) is 6.54 Å². The van der Waals surface area contributed by atoms with Crippen molar-refractivity contribution in [1.29, 1.82) is 0 Å². The smallest absolute Gasteiger partial charge is 0.445 e. The van der Waals surface area contributed by atoms with E-state index in [0.717, 1.165) is 11.1 Å². The van der Waals surface area contributed by atoms with Gasteiger partial charge in [-0.3, -0.25) is 0 Å². The van der Waals surface area contributed by atoms with Gasteiger partial charge < -0.3 is 25.1 Å². The van der Waals surface area contributed by atoms with E-state index in [2.05, 4.69) is 5.32 Å². The van der Waals surface area contributed by atoms with Gasteiger partial charge in [0.25, 0.3) is 0 Å². The Morgan fingerprint density at radius 3 is 2.41 bits per heavy atom. The zero-order valence-electron chi connectivity index (χ0n) is 19.2. The number of nitrogen functional groups attached to an aromatic ring is 1. The van der Waals surface area contributed by atoms with E-state index in [-0.39, 0.29) is 18.8 Å². The molecule has 0 aromatic heterocycles. The summed E-state index contributed by atoms with van der Waals surface area (Å²) in [6.45, 7) is 9.88. The Kier molecular flexibility index (Phi) is 6.95. The molecule has 0 unspecified atom stereocenters. The van der Waals surface area contributed by atoms with Gasteiger partial charge in [-0.05, 0) is 68.9 Å². The second-order valence-electron chi connectivity index (χ2n) is 8.95. The fourth-order valence-corrected chi connectivity index (χ4v) is 3.22. The van der Waals surface area contributed by atoms with Gasteiger partial charge in [-0.2, -0.15) is 0 Å². The number of halogens is 1. The van der Waals surface area contributed by atoms with Gasteiger partial charge >= 0.3 is 13.2 Å². The summed E-state index contributed by atoms with van der Waals surface area (Å²) in [5.74, 6) is -0.509. The third kappa shape index (κ3) is 5.50. The molecule has 1 heterocycles. The zero-order chi connectivity index (χ0) is 23.5. The Morgan fingerprint density at radius 1 is 1.16 bits per heavy atom. The first-order valence-electron chi connectivity index (χ1n) is 10.5. The lowest BCUT2D eigenvalue weighted by molar-refractivity contribution is 0.00578. The molecule has 32 heavy (non-hydrogen) atoms. The summed E-state index contributed by atoms with van der Waals surface area (Å²) >= 11 is 0. The normalized spacial score (nSPS) is 17.3. The number of amides is 1. The molecular formula is C24H30BFN2O4. The first-order chi connectivity index (χ1) is 15.0. The molecule has 0 atom stereocenters. The Morgan fingerprint density at radius 2 is 1.78 bits per heavy atom. The molecule has 0 radical (unpaired) electrons. The lowest BCUT2D eigenvalue weighted by Gasteiger charge is -2.32. The highest BCUT2D eigenvalue weighted by atomic mass is 19.1. The van der Waals surface area contributed by atoms with Crippen LogP contribution in [0.15, 0.2) is 47.9 Å². The summed E-state index contributed by atoms with van der Waals surface area (Å²) < 4.78 is 31.7. The van der Waals surface area contributed by atoms with Crippen LogP contribution >= 0.6 is 0 Å². The maximum atomic E-state index is 14.1. The van der Waals surface area contributed by atoms with Gasteiger partial charge in [0.2, 0.25) is 0 Å². The number of ether oxygens (including phenoxy) is 1. The molecule has 1 fully saturated rings. The Balaban J connectivity index is 1.78. The second kappa shape index (κ2) is 9.34. The minimum Gasteiger partial charge on any atom is -0.445 e. The van der Waals surface area contributed by atoms with Crippen molar-refractivity contribution in [2.24, 2.45) is 0 Å². The van der Waals surface area contributed by atoms with E-state index in [4.69, 9.17) is 19.8 Å². The highest BCUT2D eigenvalue weighted by Crippen LogP contribution is 2.39. The zero-order valence-corrected chi connectivity index (χ0v) is 19.2. The quantitative estimate of drug-likeness (QED) is 0.505. The van der Waals surface area contributed by atoms with Crippen molar-refractivity contribution < 1.29 is 23.2 Å². The number of nitrogens with two attached hydrogens (primary N) is 1. The number of hydrogen-bond acceptors (Lipinski definition) is 5. The van der Waals surface area contributed by atoms with Gasteiger partial charge in [-0.25, -0.2) is 9.18 Å². The molecule has 3 rings (SSSR count). The molecule has 2 aromatic rings. The molecule has 0 aliphatic carbocycles. The Bertz CT molecular complexity index is 993. The maximum absolute atomic E-state index is 14.1. The SMILES string of the molecule is Cc1cc(N)c(F)cc1C=C(CNC(=O)OCc1ccccc1)B1OC(C)(C)C(C)(C)O1. The summed E-state index contributed by atoms with van der Waals surface area (Å²) in [5.41, 5.74) is 7.57. The van der Waals surface area contributed by atoms with Crippen LogP contribution in [0.1, 0.15) is 44.4 Å². The number of benzene rings is 2. The molecule has 170 valence electrons. The molecule has 6 nitrogen and oxygen atoms in total. The van der Waals surface area contributed by atoms with Crippen LogP contribution in [0.5, 0.6) is 0 Å². The van der Waals surface area contributed by atoms with Gasteiger partial charge in [-0.15, -0.1) is 0 Å². The molecule has 0 bridgehead atoms. The molecule has 1 amide bonds. The first kappa shape index (κ1) is 23.8. The van der Waals surface area contributed by atoms with E-state index in [0.29, 0.717) is 11.0 Å². The number of carbonyl (C=O) groups is 1. The number of nitrogens with one attached hydrogen (secondary N) is 1. The van der Waals surface area contributed by atoms with Gasteiger partial charge in [0.1, 0.15) is 12.4 Å². The van der Waals surface area contributed by atoms with Gasteiger partial charge in [0.05, 0.1) is 16.9 Å². The third-order valence-corrected chi connectivity index (χ3v) is 5.93. The second-order valence-corrected chi connectivity index (χ2v) is 8.95. The van der Waals surface area contributed by atoms with Crippen molar-refractivity contribution in [3.8, 4) is 0 Å². The average Bonchev–Trinajstić information content (AvgIpc) is 2.95. The monoisotopic (exact) mass is 440 g/mol. The molecule has 0 saturated carbocycles. The molecule has 1 aliphatic rings. The average molecular weight is 440 g/mol. The highest BCUT2D eigenvalue weighted by molar-refractivity contribution is 6.56. The molecule has 2 aromatic carbocycles. The van der Waals surface area contributed by atoms with E-state index in [1.54, 1.807) is 12.1 Å². The van der Waals surface area contributed by atoms with E-state index in [1.165, 1.54) is 6.07 Å². The highest BCUT2D eigenvalue weighted by Gasteiger charge is 2.52. The summed E-state index contributed by atoms with van der Waals surface area (Å²) in [5, 5.41) is 2.74. The Hall–Kier alpha value is -2.84. The predicted molar refractivity (Wildman–Crippen MR) is 124 cm³/mol.